The number of aromatic nitrogens is 2. The molecule has 33 heavy (non-hydrogen) atoms. The first-order chi connectivity index (χ1) is 16.0. The molecule has 3 aromatic rings. The Hall–Kier alpha value is -3.30. The van der Waals surface area contributed by atoms with Crippen LogP contribution >= 0.6 is 0 Å². The molecule has 170 valence electrons. The first-order valence-corrected chi connectivity index (χ1v) is 12.5. The Morgan fingerprint density at radius 1 is 1.00 bits per heavy atom. The Kier molecular flexibility index (Phi) is 5.59. The van der Waals surface area contributed by atoms with Crippen molar-refractivity contribution in [1.29, 1.82) is 0 Å². The van der Waals surface area contributed by atoms with Crippen LogP contribution in [0, 0.1) is 5.41 Å². The maximum atomic E-state index is 13.1. The van der Waals surface area contributed by atoms with Gasteiger partial charge in [-0.3, -0.25) is 4.79 Å². The van der Waals surface area contributed by atoms with Crippen molar-refractivity contribution < 1.29 is 13.2 Å². The van der Waals surface area contributed by atoms with Gasteiger partial charge in [0.15, 0.2) is 0 Å². The minimum Gasteiger partial charge on any atom is -0.272 e. The molecule has 2 aromatic carbocycles. The summed E-state index contributed by atoms with van der Waals surface area (Å²) >= 11 is 0. The molecule has 0 unspecified atom stereocenters. The van der Waals surface area contributed by atoms with Crippen LogP contribution in [0.2, 0.25) is 0 Å². The van der Waals surface area contributed by atoms with E-state index < -0.39 is 15.4 Å². The second-order valence-electron chi connectivity index (χ2n) is 8.59. The highest BCUT2D eigenvalue weighted by Gasteiger charge is 2.47. The summed E-state index contributed by atoms with van der Waals surface area (Å²) in [5, 5.41) is 10.1. The first-order valence-electron chi connectivity index (χ1n) is 11.0. The van der Waals surface area contributed by atoms with Crippen LogP contribution in [0.25, 0.3) is 5.69 Å². The average Bonchev–Trinajstić information content (AvgIpc) is 3.47. The van der Waals surface area contributed by atoms with E-state index in [0.29, 0.717) is 32.2 Å². The van der Waals surface area contributed by atoms with Gasteiger partial charge in [0.25, 0.3) is 5.91 Å². The van der Waals surface area contributed by atoms with Gasteiger partial charge < -0.3 is 0 Å². The predicted octanol–water partition coefficient (Wildman–Crippen LogP) is 3.11. The number of nitrogens with zero attached hydrogens (tertiary/aromatic N) is 4. The number of nitrogens with one attached hydrogen (secondary N) is 1. The third-order valence-corrected chi connectivity index (χ3v) is 7.93. The standard InChI is InChI=1S/C24H25N5O3S/c30-23-24(18-26-29(23)17-19-5-2-1-3-6-19)13-11-20(12-14-24)27-33(31,32)22-9-7-21(8-10-22)28-16-4-15-25-28/h1-10,15-16,18,20,27H,11-14,17H2. The summed E-state index contributed by atoms with van der Waals surface area (Å²) in [5.41, 5.74) is 1.19. The quantitative estimate of drug-likeness (QED) is 0.608. The SMILES string of the molecule is O=C1N(Cc2ccccc2)N=CC12CCC(NS(=O)(=O)c1ccc(-n3cccn3)cc1)CC2. The van der Waals surface area contributed by atoms with Crippen LogP contribution in [-0.4, -0.2) is 41.4 Å². The Balaban J connectivity index is 1.20. The van der Waals surface area contributed by atoms with Crippen LogP contribution < -0.4 is 4.72 Å². The van der Waals surface area contributed by atoms with Crippen molar-refractivity contribution in [1.82, 2.24) is 19.5 Å². The fourth-order valence-corrected chi connectivity index (χ4v) is 5.80. The van der Waals surface area contributed by atoms with Crippen LogP contribution in [0.5, 0.6) is 0 Å². The van der Waals surface area contributed by atoms with Gasteiger partial charge >= 0.3 is 0 Å². The van der Waals surface area contributed by atoms with Crippen molar-refractivity contribution in [3.63, 3.8) is 0 Å². The van der Waals surface area contributed by atoms with E-state index in [4.69, 9.17) is 0 Å². The van der Waals surface area contributed by atoms with E-state index in [1.54, 1.807) is 47.6 Å². The zero-order valence-electron chi connectivity index (χ0n) is 18.0. The topological polar surface area (TPSA) is 96.7 Å². The first kappa shape index (κ1) is 21.5. The molecule has 2 aliphatic rings. The Morgan fingerprint density at radius 3 is 2.39 bits per heavy atom. The van der Waals surface area contributed by atoms with Gasteiger partial charge in [0.05, 0.1) is 22.5 Å². The Labute approximate surface area is 193 Å². The largest absolute Gasteiger partial charge is 0.272 e. The monoisotopic (exact) mass is 463 g/mol. The van der Waals surface area contributed by atoms with Gasteiger partial charge in [-0.2, -0.15) is 10.2 Å². The normalized spacial score (nSPS) is 22.8. The summed E-state index contributed by atoms with van der Waals surface area (Å²) < 4.78 is 30.3. The van der Waals surface area contributed by atoms with Gasteiger partial charge in [-0.15, -0.1) is 0 Å². The van der Waals surface area contributed by atoms with E-state index in [1.165, 1.54) is 5.01 Å². The molecule has 1 amide bonds. The van der Waals surface area contributed by atoms with Crippen molar-refractivity contribution in [2.75, 3.05) is 0 Å². The zero-order valence-corrected chi connectivity index (χ0v) is 18.9. The fraction of sp³-hybridized carbons (Fsp3) is 0.292. The van der Waals surface area contributed by atoms with Crippen LogP contribution in [-0.2, 0) is 21.4 Å². The van der Waals surface area contributed by atoms with Gasteiger partial charge in [-0.1, -0.05) is 30.3 Å². The molecule has 0 radical (unpaired) electrons. The fourth-order valence-electron chi connectivity index (χ4n) is 4.49. The highest BCUT2D eigenvalue weighted by molar-refractivity contribution is 7.89. The molecule has 5 rings (SSSR count). The minimum absolute atomic E-state index is 0.00173. The van der Waals surface area contributed by atoms with Crippen LogP contribution in [0.3, 0.4) is 0 Å². The lowest BCUT2D eigenvalue weighted by atomic mass is 9.73. The number of amides is 1. The molecule has 0 saturated heterocycles. The van der Waals surface area contributed by atoms with E-state index >= 15 is 0 Å². The van der Waals surface area contributed by atoms with E-state index in [-0.39, 0.29) is 16.8 Å². The van der Waals surface area contributed by atoms with Gasteiger partial charge in [-0.05, 0) is 61.6 Å². The second-order valence-corrected chi connectivity index (χ2v) is 10.3. The maximum absolute atomic E-state index is 13.1. The predicted molar refractivity (Wildman–Crippen MR) is 124 cm³/mol. The highest BCUT2D eigenvalue weighted by atomic mass is 32.2. The molecular weight excluding hydrogens is 438 g/mol. The molecule has 1 spiro atoms. The van der Waals surface area contributed by atoms with E-state index in [0.717, 1.165) is 11.3 Å². The summed E-state index contributed by atoms with van der Waals surface area (Å²) in [6.07, 6.45) is 7.55. The summed E-state index contributed by atoms with van der Waals surface area (Å²) in [6, 6.07) is 18.0. The van der Waals surface area contributed by atoms with Gasteiger partial charge in [0, 0.05) is 24.7 Å². The van der Waals surface area contributed by atoms with E-state index in [9.17, 15) is 13.2 Å². The minimum atomic E-state index is -3.65. The molecule has 1 fully saturated rings. The Bertz CT molecular complexity index is 1250. The van der Waals surface area contributed by atoms with Gasteiger partial charge in [0.1, 0.15) is 0 Å². The molecule has 8 nitrogen and oxygen atoms in total. The number of carbonyl (C=O) groups excluding carboxylic acids is 1. The number of hydrazone groups is 1. The Morgan fingerprint density at radius 2 is 1.73 bits per heavy atom. The summed E-state index contributed by atoms with van der Waals surface area (Å²) in [7, 11) is -3.65. The summed E-state index contributed by atoms with van der Waals surface area (Å²) in [6.45, 7) is 0.447. The molecule has 2 heterocycles. The van der Waals surface area contributed by atoms with E-state index in [1.807, 2.05) is 36.4 Å². The number of rotatable bonds is 6. The van der Waals surface area contributed by atoms with Gasteiger partial charge in [0.2, 0.25) is 10.0 Å². The zero-order chi connectivity index (χ0) is 22.9. The van der Waals surface area contributed by atoms with Crippen molar-refractivity contribution in [2.45, 2.75) is 43.2 Å². The molecule has 1 saturated carbocycles. The number of benzene rings is 2. The summed E-state index contributed by atoms with van der Waals surface area (Å²) in [4.78, 5) is 13.3. The van der Waals surface area contributed by atoms with Crippen molar-refractivity contribution >= 4 is 22.1 Å². The third-order valence-electron chi connectivity index (χ3n) is 6.40. The van der Waals surface area contributed by atoms with Crippen molar-refractivity contribution in [2.24, 2.45) is 10.5 Å². The number of hydrogen-bond donors (Lipinski definition) is 1. The lowest BCUT2D eigenvalue weighted by molar-refractivity contribution is -0.138. The highest BCUT2D eigenvalue weighted by Crippen LogP contribution is 2.40. The second kappa shape index (κ2) is 8.57. The molecule has 0 atom stereocenters. The van der Waals surface area contributed by atoms with Gasteiger partial charge in [-0.25, -0.2) is 22.8 Å². The van der Waals surface area contributed by atoms with Crippen molar-refractivity contribution in [3.8, 4) is 5.69 Å². The van der Waals surface area contributed by atoms with Crippen LogP contribution in [0.15, 0.2) is 83.1 Å². The van der Waals surface area contributed by atoms with Crippen LogP contribution in [0.4, 0.5) is 0 Å². The number of hydrogen-bond acceptors (Lipinski definition) is 5. The third kappa shape index (κ3) is 4.34. The molecule has 1 N–H and O–H groups in total. The molecule has 0 bridgehead atoms. The molecule has 9 heteroatoms. The van der Waals surface area contributed by atoms with Crippen molar-refractivity contribution in [3.05, 3.63) is 78.6 Å². The number of carbonyl (C=O) groups is 1. The van der Waals surface area contributed by atoms with E-state index in [2.05, 4.69) is 14.9 Å². The molecular formula is C24H25N5O3S. The molecule has 1 aliphatic heterocycles. The van der Waals surface area contributed by atoms with Crippen LogP contribution in [0.1, 0.15) is 31.2 Å². The smallest absolute Gasteiger partial charge is 0.254 e. The lowest BCUT2D eigenvalue weighted by Gasteiger charge is -2.34. The lowest BCUT2D eigenvalue weighted by Crippen LogP contribution is -2.45. The average molecular weight is 464 g/mol. The summed E-state index contributed by atoms with van der Waals surface area (Å²) in [5.74, 6) is 0.00173. The molecule has 1 aromatic heterocycles. The number of sulfonamides is 1. The maximum Gasteiger partial charge on any atom is 0.254 e. The molecule has 1 aliphatic carbocycles.